The number of likely N-dealkylation sites (tertiary alicyclic amines) is 1. The maximum absolute atomic E-state index is 13.4. The maximum Gasteiger partial charge on any atom is 0.248 e. The number of rotatable bonds is 4. The van der Waals surface area contributed by atoms with Crippen molar-refractivity contribution >= 4 is 12.4 Å². The van der Waals surface area contributed by atoms with Crippen molar-refractivity contribution in [1.29, 1.82) is 0 Å². The van der Waals surface area contributed by atoms with Crippen molar-refractivity contribution in [3.8, 4) is 0 Å². The third-order valence-electron chi connectivity index (χ3n) is 4.63. The first-order chi connectivity index (χ1) is 9.04. The Morgan fingerprint density at radius 2 is 2.10 bits per heavy atom. The first-order valence-electron chi connectivity index (χ1n) is 7.39. The maximum atomic E-state index is 13.4. The highest BCUT2D eigenvalue weighted by molar-refractivity contribution is 5.85. The van der Waals surface area contributed by atoms with Gasteiger partial charge in [-0.2, -0.15) is 0 Å². The van der Waals surface area contributed by atoms with Crippen LogP contribution in [0.2, 0.25) is 0 Å². The largest absolute Gasteiger partial charge is 0.381 e. The van der Waals surface area contributed by atoms with Crippen LogP contribution in [0.15, 0.2) is 0 Å². The van der Waals surface area contributed by atoms with Gasteiger partial charge in [0, 0.05) is 45.6 Å². The van der Waals surface area contributed by atoms with Crippen molar-refractivity contribution in [2.45, 2.75) is 56.6 Å². The molecule has 2 rings (SSSR count). The summed E-state index contributed by atoms with van der Waals surface area (Å²) >= 11 is 0. The molecule has 1 aliphatic carbocycles. The Bertz CT molecular complexity index is 294. The van der Waals surface area contributed by atoms with E-state index in [0.29, 0.717) is 13.0 Å². The monoisotopic (exact) mass is 312 g/mol. The van der Waals surface area contributed by atoms with Crippen LogP contribution in [0.3, 0.4) is 0 Å². The summed E-state index contributed by atoms with van der Waals surface area (Å²) in [6.45, 7) is 2.28. The smallest absolute Gasteiger partial charge is 0.248 e. The fourth-order valence-electron chi connectivity index (χ4n) is 3.53. The molecule has 0 radical (unpaired) electrons. The average molecular weight is 313 g/mol. The Morgan fingerprint density at radius 3 is 2.70 bits per heavy atom. The van der Waals surface area contributed by atoms with Crippen molar-refractivity contribution in [2.75, 3.05) is 26.7 Å². The van der Waals surface area contributed by atoms with Gasteiger partial charge in [-0.15, -0.1) is 12.4 Å². The molecule has 1 saturated heterocycles. The molecule has 1 saturated carbocycles. The second-order valence-electron chi connectivity index (χ2n) is 6.08. The molecule has 0 aromatic carbocycles. The number of halogens is 3. The van der Waals surface area contributed by atoms with Gasteiger partial charge in [0.1, 0.15) is 0 Å². The first kappa shape index (κ1) is 18.1. The molecule has 2 aliphatic rings. The highest BCUT2D eigenvalue weighted by atomic mass is 35.5. The molecule has 3 atom stereocenters. The van der Waals surface area contributed by atoms with E-state index in [0.717, 1.165) is 32.4 Å². The second-order valence-corrected chi connectivity index (χ2v) is 6.08. The Labute approximate surface area is 126 Å². The summed E-state index contributed by atoms with van der Waals surface area (Å²) in [5, 5.41) is 0. The standard InChI is InChI=1S/C14H26F2N2O.ClH/c1-19-13-4-6-18(12(7-13)9-17)10-11-3-2-5-14(15,16)8-11;/h11-13H,2-10,17H2,1H3;1H. The van der Waals surface area contributed by atoms with Gasteiger partial charge in [0.15, 0.2) is 0 Å². The number of alkyl halides is 2. The Hall–Kier alpha value is 0.0300. The number of piperidine rings is 1. The van der Waals surface area contributed by atoms with Gasteiger partial charge in [-0.1, -0.05) is 0 Å². The highest BCUT2D eigenvalue weighted by Gasteiger charge is 2.38. The van der Waals surface area contributed by atoms with E-state index < -0.39 is 5.92 Å². The number of methoxy groups -OCH3 is 1. The van der Waals surface area contributed by atoms with Crippen molar-refractivity contribution < 1.29 is 13.5 Å². The predicted octanol–water partition coefficient (Wildman–Crippen LogP) is 2.67. The third-order valence-corrected chi connectivity index (χ3v) is 4.63. The van der Waals surface area contributed by atoms with Gasteiger partial charge in [-0.3, -0.25) is 4.90 Å². The van der Waals surface area contributed by atoms with E-state index in [2.05, 4.69) is 4.90 Å². The van der Waals surface area contributed by atoms with Gasteiger partial charge >= 0.3 is 0 Å². The number of nitrogens with zero attached hydrogens (tertiary/aromatic N) is 1. The number of hydrogen-bond acceptors (Lipinski definition) is 3. The molecule has 0 amide bonds. The Kier molecular flexibility index (Phi) is 7.12. The lowest BCUT2D eigenvalue weighted by Crippen LogP contribution is -2.50. The minimum absolute atomic E-state index is 0. The van der Waals surface area contributed by atoms with Gasteiger partial charge in [-0.25, -0.2) is 8.78 Å². The molecule has 3 unspecified atom stereocenters. The van der Waals surface area contributed by atoms with Gasteiger partial charge < -0.3 is 10.5 Å². The topological polar surface area (TPSA) is 38.5 Å². The lowest BCUT2D eigenvalue weighted by Gasteiger charge is -2.41. The number of hydrogen-bond donors (Lipinski definition) is 1. The molecule has 0 aromatic heterocycles. The first-order valence-corrected chi connectivity index (χ1v) is 7.39. The molecule has 120 valence electrons. The summed E-state index contributed by atoms with van der Waals surface area (Å²) in [6.07, 6.45) is 3.88. The molecule has 0 bridgehead atoms. The van der Waals surface area contributed by atoms with Crippen molar-refractivity contribution in [3.63, 3.8) is 0 Å². The van der Waals surface area contributed by atoms with Crippen LogP contribution in [0.1, 0.15) is 38.5 Å². The van der Waals surface area contributed by atoms with Gasteiger partial charge in [0.25, 0.3) is 0 Å². The Balaban J connectivity index is 0.00000200. The zero-order valence-corrected chi connectivity index (χ0v) is 13.0. The molecular formula is C14H27ClF2N2O. The zero-order chi connectivity index (χ0) is 13.9. The van der Waals surface area contributed by atoms with E-state index in [-0.39, 0.29) is 43.3 Å². The molecule has 1 heterocycles. The minimum Gasteiger partial charge on any atom is -0.381 e. The van der Waals surface area contributed by atoms with Crippen LogP contribution in [0.25, 0.3) is 0 Å². The Morgan fingerprint density at radius 1 is 1.35 bits per heavy atom. The fourth-order valence-corrected chi connectivity index (χ4v) is 3.53. The summed E-state index contributed by atoms with van der Waals surface area (Å²) in [5.41, 5.74) is 5.82. The minimum atomic E-state index is -2.45. The lowest BCUT2D eigenvalue weighted by atomic mass is 9.85. The van der Waals surface area contributed by atoms with Crippen molar-refractivity contribution in [1.82, 2.24) is 4.90 Å². The summed E-state index contributed by atoms with van der Waals surface area (Å²) in [6, 6.07) is 0.286. The molecule has 20 heavy (non-hydrogen) atoms. The van der Waals surface area contributed by atoms with Crippen LogP contribution < -0.4 is 5.73 Å². The SMILES string of the molecule is COC1CCN(CC2CCCC(F)(F)C2)C(CN)C1.Cl. The van der Waals surface area contributed by atoms with E-state index in [4.69, 9.17) is 10.5 Å². The van der Waals surface area contributed by atoms with E-state index in [1.807, 2.05) is 0 Å². The molecule has 1 aliphatic heterocycles. The number of nitrogens with two attached hydrogens (primary N) is 1. The van der Waals surface area contributed by atoms with Gasteiger partial charge in [0.05, 0.1) is 6.10 Å². The van der Waals surface area contributed by atoms with E-state index >= 15 is 0 Å². The summed E-state index contributed by atoms with van der Waals surface area (Å²) in [4.78, 5) is 2.31. The summed E-state index contributed by atoms with van der Waals surface area (Å²) < 4.78 is 32.3. The van der Waals surface area contributed by atoms with Crippen molar-refractivity contribution in [3.05, 3.63) is 0 Å². The summed E-state index contributed by atoms with van der Waals surface area (Å²) in [7, 11) is 1.73. The van der Waals surface area contributed by atoms with E-state index in [9.17, 15) is 8.78 Å². The predicted molar refractivity (Wildman–Crippen MR) is 78.6 cm³/mol. The highest BCUT2D eigenvalue weighted by Crippen LogP contribution is 2.37. The average Bonchev–Trinajstić information content (AvgIpc) is 2.38. The van der Waals surface area contributed by atoms with Crippen molar-refractivity contribution in [2.24, 2.45) is 11.7 Å². The fraction of sp³-hybridized carbons (Fsp3) is 1.00. The van der Waals surface area contributed by atoms with E-state index in [1.165, 1.54) is 0 Å². The molecule has 2 fully saturated rings. The second kappa shape index (κ2) is 7.87. The number of ether oxygens (including phenoxy) is 1. The van der Waals surface area contributed by atoms with Crippen LogP contribution in [0.5, 0.6) is 0 Å². The van der Waals surface area contributed by atoms with Crippen LogP contribution in [0.4, 0.5) is 8.78 Å². The molecule has 0 spiro atoms. The molecule has 6 heteroatoms. The van der Waals surface area contributed by atoms with Crippen LogP contribution in [-0.2, 0) is 4.74 Å². The van der Waals surface area contributed by atoms with Gasteiger partial charge in [0.2, 0.25) is 5.92 Å². The molecule has 3 nitrogen and oxygen atoms in total. The third kappa shape index (κ3) is 4.79. The van der Waals surface area contributed by atoms with E-state index in [1.54, 1.807) is 7.11 Å². The molecular weight excluding hydrogens is 286 g/mol. The molecule has 2 N–H and O–H groups in total. The molecule has 0 aromatic rings. The zero-order valence-electron chi connectivity index (χ0n) is 12.2. The quantitative estimate of drug-likeness (QED) is 0.867. The van der Waals surface area contributed by atoms with Crippen LogP contribution in [-0.4, -0.2) is 49.7 Å². The van der Waals surface area contributed by atoms with Crippen LogP contribution >= 0.6 is 12.4 Å². The normalized spacial score (nSPS) is 34.5. The van der Waals surface area contributed by atoms with Gasteiger partial charge in [-0.05, 0) is 31.6 Å². The summed E-state index contributed by atoms with van der Waals surface area (Å²) in [5.74, 6) is -2.33. The van der Waals surface area contributed by atoms with Crippen LogP contribution in [0, 0.1) is 5.92 Å². The lowest BCUT2D eigenvalue weighted by molar-refractivity contribution is -0.0636.